The molecule has 2 aromatic carbocycles. The highest BCUT2D eigenvalue weighted by Gasteiger charge is 2.31. The molecule has 7 heteroatoms. The lowest BCUT2D eigenvalue weighted by Crippen LogP contribution is -2.33. The number of nitrogens with one attached hydrogen (secondary N) is 1. The summed E-state index contributed by atoms with van der Waals surface area (Å²) < 4.78 is 5.39. The van der Waals surface area contributed by atoms with Crippen molar-refractivity contribution in [1.82, 2.24) is 5.32 Å². The molecule has 1 amide bonds. The largest absolute Gasteiger partial charge is 0.447 e. The minimum atomic E-state index is -1.08. The summed E-state index contributed by atoms with van der Waals surface area (Å²) in [5.41, 5.74) is 0.654. The van der Waals surface area contributed by atoms with E-state index in [9.17, 15) is 19.7 Å². The minimum Gasteiger partial charge on any atom is -0.447 e. The van der Waals surface area contributed by atoms with Crippen molar-refractivity contribution in [2.45, 2.75) is 31.4 Å². The first-order valence-electron chi connectivity index (χ1n) is 8.31. The fourth-order valence-electron chi connectivity index (χ4n) is 2.57. The predicted octanol–water partition coefficient (Wildman–Crippen LogP) is 2.70. The van der Waals surface area contributed by atoms with Crippen LogP contribution in [0.5, 0.6) is 0 Å². The highest BCUT2D eigenvalue weighted by Crippen LogP contribution is 2.24. The molecule has 1 aliphatic rings. The SMILES string of the molecule is O=C(Cc1ccccc1[N+](=O)[O-])O[C@@H](C(=O)NC1CC1)c1ccccc1. The molecular formula is C19H18N2O5. The van der Waals surface area contributed by atoms with E-state index in [0.717, 1.165) is 12.8 Å². The molecule has 1 fully saturated rings. The molecular weight excluding hydrogens is 336 g/mol. The first-order valence-corrected chi connectivity index (χ1v) is 8.31. The van der Waals surface area contributed by atoms with E-state index in [1.165, 1.54) is 18.2 Å². The van der Waals surface area contributed by atoms with E-state index in [4.69, 9.17) is 4.74 Å². The van der Waals surface area contributed by atoms with Crippen LogP contribution in [0.25, 0.3) is 0 Å². The van der Waals surface area contributed by atoms with Gasteiger partial charge in [-0.05, 0) is 12.8 Å². The lowest BCUT2D eigenvalue weighted by molar-refractivity contribution is -0.385. The average Bonchev–Trinajstić information content (AvgIpc) is 3.44. The Bertz CT molecular complexity index is 818. The summed E-state index contributed by atoms with van der Waals surface area (Å²) in [5, 5.41) is 13.9. The van der Waals surface area contributed by atoms with Crippen LogP contribution in [0.3, 0.4) is 0 Å². The van der Waals surface area contributed by atoms with E-state index in [-0.39, 0.29) is 29.6 Å². The van der Waals surface area contributed by atoms with Crippen LogP contribution in [0.15, 0.2) is 54.6 Å². The van der Waals surface area contributed by atoms with Gasteiger partial charge >= 0.3 is 5.97 Å². The van der Waals surface area contributed by atoms with Crippen LogP contribution in [0.1, 0.15) is 30.1 Å². The number of nitro benzene ring substituents is 1. The maximum Gasteiger partial charge on any atom is 0.311 e. The van der Waals surface area contributed by atoms with Crippen molar-refractivity contribution in [3.63, 3.8) is 0 Å². The zero-order valence-electron chi connectivity index (χ0n) is 14.0. The minimum absolute atomic E-state index is 0.127. The van der Waals surface area contributed by atoms with Gasteiger partial charge in [-0.3, -0.25) is 19.7 Å². The van der Waals surface area contributed by atoms with Crippen LogP contribution >= 0.6 is 0 Å². The van der Waals surface area contributed by atoms with Gasteiger partial charge in [0.05, 0.1) is 11.3 Å². The lowest BCUT2D eigenvalue weighted by atomic mass is 10.1. The van der Waals surface area contributed by atoms with Crippen molar-refractivity contribution in [3.8, 4) is 0 Å². The summed E-state index contributed by atoms with van der Waals surface area (Å²) in [7, 11) is 0. The molecule has 0 spiro atoms. The number of ether oxygens (including phenoxy) is 1. The predicted molar refractivity (Wildman–Crippen MR) is 93.2 cm³/mol. The molecule has 0 unspecified atom stereocenters. The smallest absolute Gasteiger partial charge is 0.311 e. The number of hydrogen-bond acceptors (Lipinski definition) is 5. The molecule has 2 aromatic rings. The number of nitro groups is 1. The normalized spacial score (nSPS) is 14.3. The zero-order valence-corrected chi connectivity index (χ0v) is 14.0. The van der Waals surface area contributed by atoms with E-state index >= 15 is 0 Å². The molecule has 1 atom stereocenters. The Balaban J connectivity index is 1.75. The quantitative estimate of drug-likeness (QED) is 0.468. The van der Waals surface area contributed by atoms with Crippen LogP contribution in [0.2, 0.25) is 0 Å². The highest BCUT2D eigenvalue weighted by molar-refractivity contribution is 5.86. The molecule has 1 aliphatic carbocycles. The van der Waals surface area contributed by atoms with E-state index in [0.29, 0.717) is 5.56 Å². The monoisotopic (exact) mass is 354 g/mol. The molecule has 0 radical (unpaired) electrons. The van der Waals surface area contributed by atoms with E-state index in [1.54, 1.807) is 36.4 Å². The number of amides is 1. The van der Waals surface area contributed by atoms with Crippen molar-refractivity contribution in [1.29, 1.82) is 0 Å². The number of para-hydroxylation sites is 1. The summed E-state index contributed by atoms with van der Waals surface area (Å²) in [6.45, 7) is 0. The van der Waals surface area contributed by atoms with E-state index in [1.807, 2.05) is 0 Å². The molecule has 3 rings (SSSR count). The van der Waals surface area contributed by atoms with Gasteiger partial charge in [-0.25, -0.2) is 0 Å². The highest BCUT2D eigenvalue weighted by atomic mass is 16.6. The van der Waals surface area contributed by atoms with Gasteiger partial charge in [-0.1, -0.05) is 48.5 Å². The number of hydrogen-bond donors (Lipinski definition) is 1. The van der Waals surface area contributed by atoms with Crippen LogP contribution in [-0.2, 0) is 20.7 Å². The summed E-state index contributed by atoms with van der Waals surface area (Å²) >= 11 is 0. The molecule has 0 aromatic heterocycles. The van der Waals surface area contributed by atoms with Crippen molar-refractivity contribution in [3.05, 3.63) is 75.8 Å². The Kier molecular flexibility index (Phi) is 5.26. The Morgan fingerprint density at radius 3 is 2.42 bits per heavy atom. The first-order chi connectivity index (χ1) is 12.5. The Morgan fingerprint density at radius 2 is 1.77 bits per heavy atom. The third-order valence-electron chi connectivity index (χ3n) is 4.04. The molecule has 0 heterocycles. The Hall–Kier alpha value is -3.22. The van der Waals surface area contributed by atoms with Gasteiger partial charge < -0.3 is 10.1 Å². The van der Waals surface area contributed by atoms with Crippen LogP contribution in [0, 0.1) is 10.1 Å². The second-order valence-corrected chi connectivity index (χ2v) is 6.13. The molecule has 0 saturated heterocycles. The second-order valence-electron chi connectivity index (χ2n) is 6.13. The number of nitrogens with zero attached hydrogens (tertiary/aromatic N) is 1. The van der Waals surface area contributed by atoms with Crippen molar-refractivity contribution in [2.75, 3.05) is 0 Å². The molecule has 0 aliphatic heterocycles. The molecule has 1 saturated carbocycles. The number of carbonyl (C=O) groups is 2. The Morgan fingerprint density at radius 1 is 1.12 bits per heavy atom. The van der Waals surface area contributed by atoms with Gasteiger partial charge in [-0.2, -0.15) is 0 Å². The number of benzene rings is 2. The van der Waals surface area contributed by atoms with Crippen LogP contribution in [-0.4, -0.2) is 22.8 Å². The average molecular weight is 354 g/mol. The topological polar surface area (TPSA) is 98.5 Å². The Labute approximate surface area is 150 Å². The van der Waals surface area contributed by atoms with Crippen molar-refractivity contribution in [2.24, 2.45) is 0 Å². The molecule has 134 valence electrons. The maximum atomic E-state index is 12.5. The second kappa shape index (κ2) is 7.77. The van der Waals surface area contributed by atoms with Crippen molar-refractivity contribution < 1.29 is 19.2 Å². The molecule has 7 nitrogen and oxygen atoms in total. The third-order valence-corrected chi connectivity index (χ3v) is 4.04. The maximum absolute atomic E-state index is 12.5. The van der Waals surface area contributed by atoms with Gasteiger partial charge in [-0.15, -0.1) is 0 Å². The van der Waals surface area contributed by atoms with Gasteiger partial charge in [0.15, 0.2) is 0 Å². The molecule has 1 N–H and O–H groups in total. The van der Waals surface area contributed by atoms with Gasteiger partial charge in [0.2, 0.25) is 6.10 Å². The van der Waals surface area contributed by atoms with Crippen LogP contribution in [0.4, 0.5) is 5.69 Å². The summed E-state index contributed by atoms with van der Waals surface area (Å²) in [6, 6.07) is 14.8. The van der Waals surface area contributed by atoms with Gasteiger partial charge in [0.25, 0.3) is 11.6 Å². The summed E-state index contributed by atoms with van der Waals surface area (Å²) in [6.07, 6.45) is 0.471. The fourth-order valence-corrected chi connectivity index (χ4v) is 2.57. The number of carbonyl (C=O) groups excluding carboxylic acids is 2. The van der Waals surface area contributed by atoms with Gasteiger partial charge in [0, 0.05) is 23.2 Å². The molecule has 26 heavy (non-hydrogen) atoms. The fraction of sp³-hybridized carbons (Fsp3) is 0.263. The third kappa shape index (κ3) is 4.44. The summed E-state index contributed by atoms with van der Waals surface area (Å²) in [4.78, 5) is 35.3. The van der Waals surface area contributed by atoms with E-state index in [2.05, 4.69) is 5.32 Å². The molecule has 0 bridgehead atoms. The van der Waals surface area contributed by atoms with Gasteiger partial charge in [0.1, 0.15) is 0 Å². The lowest BCUT2D eigenvalue weighted by Gasteiger charge is -2.18. The standard InChI is InChI=1S/C19H18N2O5/c22-17(12-14-8-4-5-9-16(14)21(24)25)26-18(13-6-2-1-3-7-13)19(23)20-15-10-11-15/h1-9,15,18H,10-12H2,(H,20,23)/t18-/m1/s1. The number of rotatable bonds is 7. The first kappa shape index (κ1) is 17.6. The van der Waals surface area contributed by atoms with E-state index < -0.39 is 17.0 Å². The number of esters is 1. The van der Waals surface area contributed by atoms with Crippen LogP contribution < -0.4 is 5.32 Å². The summed E-state index contributed by atoms with van der Waals surface area (Å²) in [5.74, 6) is -1.08. The zero-order chi connectivity index (χ0) is 18.5. The van der Waals surface area contributed by atoms with Crippen molar-refractivity contribution >= 4 is 17.6 Å².